The summed E-state index contributed by atoms with van der Waals surface area (Å²) >= 11 is 0. The van der Waals surface area contributed by atoms with Crippen LogP contribution < -0.4 is 25.5 Å². The van der Waals surface area contributed by atoms with Gasteiger partial charge >= 0.3 is 0 Å². The first-order chi connectivity index (χ1) is 24.6. The summed E-state index contributed by atoms with van der Waals surface area (Å²) in [6, 6.07) is 23.3. The SMILES string of the molecule is COc1ccc([Si](C)(C)[C@@H]2[C@@H](CC(=O)N3CCC[C@H]3CO)O[C@]3(C(=O)N(Cc4ccccc4)c4ccc(NC(=O)[C@H]5CCCN5)cc43)[C@H]2C)cc1. The van der Waals surface area contributed by atoms with Gasteiger partial charge in [0.25, 0.3) is 5.91 Å². The number of anilines is 2. The van der Waals surface area contributed by atoms with Gasteiger partial charge in [0.2, 0.25) is 11.8 Å². The second kappa shape index (κ2) is 14.2. The Labute approximate surface area is 301 Å². The van der Waals surface area contributed by atoms with E-state index in [1.807, 2.05) is 65.6 Å². The molecule has 0 bridgehead atoms. The molecular weight excluding hydrogens is 661 g/mol. The number of nitrogens with zero attached hydrogens (tertiary/aromatic N) is 2. The van der Waals surface area contributed by atoms with Gasteiger partial charge < -0.3 is 35.0 Å². The topological polar surface area (TPSA) is 120 Å². The van der Waals surface area contributed by atoms with Crippen LogP contribution in [0.1, 0.15) is 50.2 Å². The summed E-state index contributed by atoms with van der Waals surface area (Å²) in [4.78, 5) is 46.2. The molecule has 0 radical (unpaired) electrons. The molecule has 0 aliphatic carbocycles. The average Bonchev–Trinajstić information content (AvgIpc) is 3.94. The molecule has 0 aromatic heterocycles. The summed E-state index contributed by atoms with van der Waals surface area (Å²) in [6.07, 6.45) is 2.92. The predicted octanol–water partition coefficient (Wildman–Crippen LogP) is 4.52. The summed E-state index contributed by atoms with van der Waals surface area (Å²) in [5, 5.41) is 17.6. The maximum absolute atomic E-state index is 15.2. The molecule has 3 aromatic rings. The molecule has 3 saturated heterocycles. The van der Waals surface area contributed by atoms with Crippen LogP contribution in [-0.2, 0) is 31.3 Å². The first-order valence-corrected chi connectivity index (χ1v) is 21.4. The molecule has 0 saturated carbocycles. The van der Waals surface area contributed by atoms with E-state index in [1.165, 1.54) is 5.19 Å². The van der Waals surface area contributed by atoms with E-state index in [2.05, 4.69) is 42.8 Å². The number of hydrogen-bond acceptors (Lipinski definition) is 7. The Bertz CT molecular complexity index is 1760. The lowest BCUT2D eigenvalue weighted by atomic mass is 9.82. The molecule has 4 aliphatic rings. The molecule has 7 rings (SSSR count). The van der Waals surface area contributed by atoms with Crippen LogP contribution in [0.3, 0.4) is 0 Å². The van der Waals surface area contributed by atoms with Crippen LogP contribution in [0.2, 0.25) is 18.6 Å². The highest BCUT2D eigenvalue weighted by Gasteiger charge is 2.66. The zero-order valence-electron chi connectivity index (χ0n) is 30.1. The molecule has 4 heterocycles. The van der Waals surface area contributed by atoms with Crippen LogP contribution in [0.15, 0.2) is 72.8 Å². The molecule has 3 amide bonds. The van der Waals surface area contributed by atoms with E-state index in [1.54, 1.807) is 12.0 Å². The van der Waals surface area contributed by atoms with Crippen LogP contribution in [0.4, 0.5) is 11.4 Å². The van der Waals surface area contributed by atoms with Gasteiger partial charge in [-0.05, 0) is 73.7 Å². The van der Waals surface area contributed by atoms with Crippen molar-refractivity contribution in [2.24, 2.45) is 5.92 Å². The molecule has 11 heteroatoms. The van der Waals surface area contributed by atoms with Crippen molar-refractivity contribution in [1.82, 2.24) is 10.2 Å². The smallest absolute Gasteiger partial charge is 0.264 e. The Morgan fingerprint density at radius 3 is 2.51 bits per heavy atom. The number of ether oxygens (including phenoxy) is 2. The second-order valence-corrected chi connectivity index (χ2v) is 19.9. The van der Waals surface area contributed by atoms with Crippen LogP contribution in [0.5, 0.6) is 5.75 Å². The van der Waals surface area contributed by atoms with Gasteiger partial charge in [0.15, 0.2) is 5.60 Å². The third-order valence-corrected chi connectivity index (χ3v) is 16.3. The van der Waals surface area contributed by atoms with Crippen LogP contribution in [0.25, 0.3) is 0 Å². The third kappa shape index (κ3) is 6.28. The molecule has 3 N–H and O–H groups in total. The minimum Gasteiger partial charge on any atom is -0.497 e. The quantitative estimate of drug-likeness (QED) is 0.265. The van der Waals surface area contributed by atoms with Crippen LogP contribution >= 0.6 is 0 Å². The van der Waals surface area contributed by atoms with Gasteiger partial charge in [-0.2, -0.15) is 0 Å². The molecule has 10 nitrogen and oxygen atoms in total. The van der Waals surface area contributed by atoms with E-state index >= 15 is 4.79 Å². The highest BCUT2D eigenvalue weighted by Crippen LogP contribution is 2.60. The van der Waals surface area contributed by atoms with Crippen molar-refractivity contribution >= 4 is 42.4 Å². The Kier molecular flexibility index (Phi) is 9.83. The van der Waals surface area contributed by atoms with Crippen molar-refractivity contribution in [1.29, 1.82) is 0 Å². The van der Waals surface area contributed by atoms with E-state index < -0.39 is 19.8 Å². The fourth-order valence-corrected chi connectivity index (χ4v) is 13.3. The van der Waals surface area contributed by atoms with E-state index in [0.717, 1.165) is 54.8 Å². The molecule has 3 aromatic carbocycles. The fraction of sp³-hybridized carbons (Fsp3) is 0.475. The number of benzene rings is 3. The molecule has 6 atom stereocenters. The summed E-state index contributed by atoms with van der Waals surface area (Å²) in [5.41, 5.74) is 1.58. The Hall–Kier alpha value is -4.03. The summed E-state index contributed by atoms with van der Waals surface area (Å²) in [5.74, 6) is 0.169. The van der Waals surface area contributed by atoms with Crippen molar-refractivity contribution in [3.05, 3.63) is 83.9 Å². The second-order valence-electron chi connectivity index (χ2n) is 15.2. The standard InChI is InChI=1S/C40H50N4O6Si/c1-26-37(51(3,4)31-17-15-30(49-2)16-18-31)35(23-36(46)43-21-9-12-29(43)25-45)50-40(26)32-22-28(42-38(47)33-13-8-20-41-33)14-19-34(32)44(39(40)48)24-27-10-6-5-7-11-27/h5-7,10-11,14-19,22,26,29,33,35,37,41,45H,8-9,12-13,20-21,23-25H2,1-4H3,(H,42,47)/t26-,29-,33+,35+,37-,40+/m0/s1. The Balaban J connectivity index is 1.32. The highest BCUT2D eigenvalue weighted by molar-refractivity contribution is 6.91. The Morgan fingerprint density at radius 2 is 1.82 bits per heavy atom. The van der Waals surface area contributed by atoms with Crippen molar-refractivity contribution in [2.45, 2.75) is 88.0 Å². The number of amides is 3. The van der Waals surface area contributed by atoms with Gasteiger partial charge in [-0.15, -0.1) is 0 Å². The van der Waals surface area contributed by atoms with Gasteiger partial charge in [0.05, 0.1) is 58.6 Å². The minimum atomic E-state index is -2.49. The molecular formula is C40H50N4O6Si. The van der Waals surface area contributed by atoms with Crippen molar-refractivity contribution in [2.75, 3.05) is 37.0 Å². The highest BCUT2D eigenvalue weighted by atomic mass is 28.3. The normalized spacial score (nSPS) is 27.3. The summed E-state index contributed by atoms with van der Waals surface area (Å²) in [6.45, 7) is 8.42. The van der Waals surface area contributed by atoms with Crippen molar-refractivity contribution in [3.63, 3.8) is 0 Å². The first-order valence-electron chi connectivity index (χ1n) is 18.4. The van der Waals surface area contributed by atoms with Crippen LogP contribution in [0, 0.1) is 5.92 Å². The average molecular weight is 711 g/mol. The lowest BCUT2D eigenvalue weighted by molar-refractivity contribution is -0.150. The monoisotopic (exact) mass is 710 g/mol. The number of carbonyl (C=O) groups excluding carboxylic acids is 3. The number of aliphatic hydroxyl groups excluding tert-OH is 1. The number of rotatable bonds is 10. The van der Waals surface area contributed by atoms with Gasteiger partial charge in [0.1, 0.15) is 5.75 Å². The molecule has 3 fully saturated rings. The number of methoxy groups -OCH3 is 1. The third-order valence-electron chi connectivity index (χ3n) is 11.9. The summed E-state index contributed by atoms with van der Waals surface area (Å²) < 4.78 is 12.7. The number of carbonyl (C=O) groups is 3. The lowest BCUT2D eigenvalue weighted by Crippen LogP contribution is -2.52. The van der Waals surface area contributed by atoms with E-state index in [0.29, 0.717) is 18.8 Å². The number of fused-ring (bicyclic) bond motifs is 2. The minimum absolute atomic E-state index is 0.0535. The van der Waals surface area contributed by atoms with Gasteiger partial charge in [-0.3, -0.25) is 14.4 Å². The van der Waals surface area contributed by atoms with Crippen molar-refractivity contribution < 1.29 is 29.0 Å². The zero-order valence-corrected chi connectivity index (χ0v) is 31.1. The number of likely N-dealkylation sites (tertiary alicyclic amines) is 1. The van der Waals surface area contributed by atoms with E-state index in [-0.39, 0.29) is 54.3 Å². The number of aliphatic hydroxyl groups is 1. The Morgan fingerprint density at radius 1 is 1.06 bits per heavy atom. The molecule has 51 heavy (non-hydrogen) atoms. The van der Waals surface area contributed by atoms with Gasteiger partial charge in [-0.1, -0.05) is 67.7 Å². The van der Waals surface area contributed by atoms with Gasteiger partial charge in [-0.25, -0.2) is 0 Å². The fourth-order valence-electron chi connectivity index (χ4n) is 9.30. The number of nitrogens with one attached hydrogen (secondary N) is 2. The maximum atomic E-state index is 15.2. The molecule has 1 spiro atoms. The summed E-state index contributed by atoms with van der Waals surface area (Å²) in [7, 11) is -0.836. The molecule has 4 aliphatic heterocycles. The first kappa shape index (κ1) is 35.4. The molecule has 0 unspecified atom stereocenters. The maximum Gasteiger partial charge on any atom is 0.264 e. The largest absolute Gasteiger partial charge is 0.497 e. The van der Waals surface area contributed by atoms with Crippen LogP contribution in [-0.4, -0.2) is 80.8 Å². The van der Waals surface area contributed by atoms with E-state index in [9.17, 15) is 14.7 Å². The van der Waals surface area contributed by atoms with Crippen molar-refractivity contribution in [3.8, 4) is 5.75 Å². The zero-order chi connectivity index (χ0) is 35.9. The van der Waals surface area contributed by atoms with Gasteiger partial charge in [0, 0.05) is 23.7 Å². The van der Waals surface area contributed by atoms with E-state index in [4.69, 9.17) is 9.47 Å². The molecule has 270 valence electrons. The predicted molar refractivity (Wildman–Crippen MR) is 200 cm³/mol. The lowest BCUT2D eigenvalue weighted by Gasteiger charge is -2.37. The number of hydrogen-bond donors (Lipinski definition) is 3.